The molecule has 1 saturated heterocycles. The Balaban J connectivity index is 1.51. The number of hydrogen-bond donors (Lipinski definition) is 1. The molecule has 9 nitrogen and oxygen atoms in total. The Kier molecular flexibility index (Phi) is 5.34. The molecular formula is C16H23N7O2. The SMILES string of the molecule is Cc1nc(CN(C)[C@H]2CCN([C@H](C)C(=O)Nc3ncccn3)C2)no1. The second kappa shape index (κ2) is 7.66. The highest BCUT2D eigenvalue weighted by molar-refractivity contribution is 5.93. The van der Waals surface area contributed by atoms with Crippen LogP contribution in [0.2, 0.25) is 0 Å². The molecule has 2 atom stereocenters. The van der Waals surface area contributed by atoms with E-state index < -0.39 is 0 Å². The van der Waals surface area contributed by atoms with Gasteiger partial charge in [-0.25, -0.2) is 9.97 Å². The number of nitrogens with one attached hydrogen (secondary N) is 1. The third kappa shape index (κ3) is 4.37. The van der Waals surface area contributed by atoms with Crippen LogP contribution < -0.4 is 5.32 Å². The number of rotatable bonds is 6. The zero-order valence-electron chi connectivity index (χ0n) is 14.7. The van der Waals surface area contributed by atoms with Gasteiger partial charge in [0.05, 0.1) is 12.6 Å². The second-order valence-electron chi connectivity index (χ2n) is 6.32. The number of carbonyl (C=O) groups excluding carboxylic acids is 1. The van der Waals surface area contributed by atoms with E-state index in [1.807, 2.05) is 14.0 Å². The summed E-state index contributed by atoms with van der Waals surface area (Å²) in [4.78, 5) is 29.1. The summed E-state index contributed by atoms with van der Waals surface area (Å²) in [6, 6.07) is 1.82. The molecule has 2 aromatic rings. The Labute approximate surface area is 146 Å². The van der Waals surface area contributed by atoms with E-state index in [1.54, 1.807) is 25.4 Å². The normalized spacial score (nSPS) is 19.3. The largest absolute Gasteiger partial charge is 0.340 e. The number of amides is 1. The van der Waals surface area contributed by atoms with E-state index in [4.69, 9.17) is 4.52 Å². The molecule has 0 aliphatic carbocycles. The average Bonchev–Trinajstić information content (AvgIpc) is 3.24. The van der Waals surface area contributed by atoms with Crippen molar-refractivity contribution in [1.82, 2.24) is 29.9 Å². The third-order valence-corrected chi connectivity index (χ3v) is 4.51. The molecule has 0 bridgehead atoms. The van der Waals surface area contributed by atoms with Gasteiger partial charge in [-0.1, -0.05) is 5.16 Å². The van der Waals surface area contributed by atoms with Crippen LogP contribution in [0.3, 0.4) is 0 Å². The highest BCUT2D eigenvalue weighted by atomic mass is 16.5. The molecule has 1 N–H and O–H groups in total. The number of nitrogens with zero attached hydrogens (tertiary/aromatic N) is 6. The first-order valence-corrected chi connectivity index (χ1v) is 8.34. The Bertz CT molecular complexity index is 706. The van der Waals surface area contributed by atoms with E-state index in [1.165, 1.54) is 0 Å². The predicted molar refractivity (Wildman–Crippen MR) is 90.6 cm³/mol. The fraction of sp³-hybridized carbons (Fsp3) is 0.562. The number of likely N-dealkylation sites (tertiary alicyclic amines) is 1. The highest BCUT2D eigenvalue weighted by Crippen LogP contribution is 2.19. The van der Waals surface area contributed by atoms with Gasteiger partial charge >= 0.3 is 0 Å². The molecule has 0 radical (unpaired) electrons. The standard InChI is InChI=1S/C16H23N7O2/c1-11(15(24)20-16-17-6-4-7-18-16)23-8-5-13(9-23)22(3)10-14-19-12(2)25-21-14/h4,6-7,11,13H,5,8-10H2,1-3H3,(H,17,18,20,24)/t11-,13+/m1/s1. The zero-order valence-corrected chi connectivity index (χ0v) is 14.7. The van der Waals surface area contributed by atoms with Gasteiger partial charge < -0.3 is 4.52 Å². The number of likely N-dealkylation sites (N-methyl/N-ethyl adjacent to an activating group) is 1. The van der Waals surface area contributed by atoms with E-state index in [0.717, 1.165) is 19.5 Å². The van der Waals surface area contributed by atoms with Crippen LogP contribution in [0.1, 0.15) is 25.1 Å². The topological polar surface area (TPSA) is 100 Å². The van der Waals surface area contributed by atoms with Gasteiger partial charge in [-0.3, -0.25) is 19.9 Å². The van der Waals surface area contributed by atoms with E-state index in [-0.39, 0.29) is 11.9 Å². The van der Waals surface area contributed by atoms with Crippen LogP contribution >= 0.6 is 0 Å². The fourth-order valence-corrected chi connectivity index (χ4v) is 2.98. The maximum Gasteiger partial charge on any atom is 0.243 e. The smallest absolute Gasteiger partial charge is 0.243 e. The van der Waals surface area contributed by atoms with Crippen LogP contribution in [0.5, 0.6) is 0 Å². The van der Waals surface area contributed by atoms with Crippen LogP contribution in [-0.4, -0.2) is 68.0 Å². The van der Waals surface area contributed by atoms with Gasteiger partial charge in [-0.05, 0) is 26.5 Å². The van der Waals surface area contributed by atoms with Crippen molar-refractivity contribution >= 4 is 11.9 Å². The first-order chi connectivity index (χ1) is 12.0. The molecule has 9 heteroatoms. The van der Waals surface area contributed by atoms with Gasteiger partial charge in [0.1, 0.15) is 0 Å². The van der Waals surface area contributed by atoms with Crippen LogP contribution in [-0.2, 0) is 11.3 Å². The van der Waals surface area contributed by atoms with Crippen LogP contribution in [0.25, 0.3) is 0 Å². The summed E-state index contributed by atoms with van der Waals surface area (Å²) in [7, 11) is 2.04. The number of hydrogen-bond acceptors (Lipinski definition) is 8. The minimum absolute atomic E-state index is 0.0942. The number of aryl methyl sites for hydroxylation is 1. The second-order valence-corrected chi connectivity index (χ2v) is 6.32. The summed E-state index contributed by atoms with van der Waals surface area (Å²) < 4.78 is 5.01. The summed E-state index contributed by atoms with van der Waals surface area (Å²) in [5.41, 5.74) is 0. The van der Waals surface area contributed by atoms with Crippen LogP contribution in [0.15, 0.2) is 23.0 Å². The Hall–Kier alpha value is -2.39. The van der Waals surface area contributed by atoms with Crippen molar-refractivity contribution in [3.8, 4) is 0 Å². The molecule has 1 fully saturated rings. The molecule has 0 unspecified atom stereocenters. The van der Waals surface area contributed by atoms with Crippen LogP contribution in [0, 0.1) is 6.92 Å². The number of anilines is 1. The Morgan fingerprint density at radius 1 is 1.48 bits per heavy atom. The van der Waals surface area contributed by atoms with Crippen molar-refractivity contribution in [1.29, 1.82) is 0 Å². The van der Waals surface area contributed by atoms with Gasteiger partial charge in [0.15, 0.2) is 5.82 Å². The fourth-order valence-electron chi connectivity index (χ4n) is 2.98. The van der Waals surface area contributed by atoms with Crippen molar-refractivity contribution in [2.75, 3.05) is 25.5 Å². The number of aromatic nitrogens is 4. The monoisotopic (exact) mass is 345 g/mol. The molecule has 3 heterocycles. The van der Waals surface area contributed by atoms with E-state index in [2.05, 4.69) is 35.2 Å². The minimum Gasteiger partial charge on any atom is -0.340 e. The molecule has 1 aliphatic heterocycles. The average molecular weight is 345 g/mol. The lowest BCUT2D eigenvalue weighted by atomic mass is 10.2. The molecule has 0 spiro atoms. The lowest BCUT2D eigenvalue weighted by Crippen LogP contribution is -2.43. The Morgan fingerprint density at radius 2 is 2.24 bits per heavy atom. The molecule has 25 heavy (non-hydrogen) atoms. The summed E-state index contributed by atoms with van der Waals surface area (Å²) in [5, 5.41) is 6.69. The first kappa shape index (κ1) is 17.4. The van der Waals surface area contributed by atoms with Gasteiger partial charge in [0.25, 0.3) is 0 Å². The molecule has 1 aliphatic rings. The molecule has 0 aromatic carbocycles. The molecular weight excluding hydrogens is 322 g/mol. The van der Waals surface area contributed by atoms with E-state index in [0.29, 0.717) is 30.3 Å². The lowest BCUT2D eigenvalue weighted by molar-refractivity contribution is -0.120. The van der Waals surface area contributed by atoms with Crippen molar-refractivity contribution in [3.63, 3.8) is 0 Å². The highest BCUT2D eigenvalue weighted by Gasteiger charge is 2.32. The first-order valence-electron chi connectivity index (χ1n) is 8.34. The molecule has 1 amide bonds. The maximum atomic E-state index is 12.4. The third-order valence-electron chi connectivity index (χ3n) is 4.51. The van der Waals surface area contributed by atoms with Gasteiger partial charge in [-0.2, -0.15) is 4.98 Å². The Morgan fingerprint density at radius 3 is 2.92 bits per heavy atom. The summed E-state index contributed by atoms with van der Waals surface area (Å²) in [5.74, 6) is 1.50. The quantitative estimate of drug-likeness (QED) is 0.817. The maximum absolute atomic E-state index is 12.4. The van der Waals surface area contributed by atoms with Crippen molar-refractivity contribution < 1.29 is 9.32 Å². The summed E-state index contributed by atoms with van der Waals surface area (Å²) >= 11 is 0. The predicted octanol–water partition coefficient (Wildman–Crippen LogP) is 0.701. The molecule has 2 aromatic heterocycles. The minimum atomic E-state index is -0.241. The van der Waals surface area contributed by atoms with E-state index in [9.17, 15) is 4.79 Å². The number of carbonyl (C=O) groups is 1. The zero-order chi connectivity index (χ0) is 17.8. The van der Waals surface area contributed by atoms with Crippen molar-refractivity contribution in [2.45, 2.75) is 38.9 Å². The van der Waals surface area contributed by atoms with E-state index >= 15 is 0 Å². The lowest BCUT2D eigenvalue weighted by Gasteiger charge is -2.26. The van der Waals surface area contributed by atoms with Crippen molar-refractivity contribution in [3.05, 3.63) is 30.2 Å². The molecule has 0 saturated carbocycles. The summed E-state index contributed by atoms with van der Waals surface area (Å²) in [6.45, 7) is 6.00. The van der Waals surface area contributed by atoms with Gasteiger partial charge in [0.2, 0.25) is 17.7 Å². The van der Waals surface area contributed by atoms with Crippen molar-refractivity contribution in [2.24, 2.45) is 0 Å². The van der Waals surface area contributed by atoms with Gasteiger partial charge in [-0.15, -0.1) is 0 Å². The van der Waals surface area contributed by atoms with Gasteiger partial charge in [0, 0.05) is 38.4 Å². The molecule has 134 valence electrons. The van der Waals surface area contributed by atoms with Crippen LogP contribution in [0.4, 0.5) is 5.95 Å². The molecule has 3 rings (SSSR count). The summed E-state index contributed by atoms with van der Waals surface area (Å²) in [6.07, 6.45) is 4.20.